The van der Waals surface area contributed by atoms with E-state index in [0.29, 0.717) is 25.3 Å². The third-order valence-electron chi connectivity index (χ3n) is 4.42. The standard InChI is InChI=1S/C16H23NO3.C4H4O4/c1-3-20-15(19)16(13-7-5-4-6-8-13)11-14(16)12-17(2)9-10-18;5-3(6)1-2-4(7)8/h4-8,14,18H,3,9-12H2,1-2H3;1-2H,(H,5,6)(H,7,8)/b;2-1+/t14?,16-;/m1./s1. The summed E-state index contributed by atoms with van der Waals surface area (Å²) in [7, 11) is 1.97. The lowest BCUT2D eigenvalue weighted by molar-refractivity contribution is -0.146. The van der Waals surface area contributed by atoms with E-state index in [1.165, 1.54) is 0 Å². The van der Waals surface area contributed by atoms with Crippen molar-refractivity contribution in [1.29, 1.82) is 0 Å². The highest BCUT2D eigenvalue weighted by atomic mass is 16.5. The Hall–Kier alpha value is -2.71. The van der Waals surface area contributed by atoms with Crippen LogP contribution in [-0.2, 0) is 24.5 Å². The van der Waals surface area contributed by atoms with Crippen LogP contribution in [0.1, 0.15) is 18.9 Å². The number of benzene rings is 1. The third-order valence-corrected chi connectivity index (χ3v) is 4.42. The van der Waals surface area contributed by atoms with Gasteiger partial charge in [-0.2, -0.15) is 0 Å². The molecule has 0 radical (unpaired) electrons. The monoisotopic (exact) mass is 393 g/mol. The molecule has 3 N–H and O–H groups in total. The quantitative estimate of drug-likeness (QED) is 0.421. The van der Waals surface area contributed by atoms with Gasteiger partial charge in [-0.15, -0.1) is 0 Å². The van der Waals surface area contributed by atoms with Crippen molar-refractivity contribution in [2.24, 2.45) is 5.92 Å². The number of aliphatic hydroxyl groups excluding tert-OH is 1. The van der Waals surface area contributed by atoms with Gasteiger partial charge < -0.3 is 25.0 Å². The van der Waals surface area contributed by atoms with Gasteiger partial charge in [-0.25, -0.2) is 9.59 Å². The van der Waals surface area contributed by atoms with E-state index in [2.05, 4.69) is 4.90 Å². The van der Waals surface area contributed by atoms with Crippen molar-refractivity contribution in [3.63, 3.8) is 0 Å². The van der Waals surface area contributed by atoms with Crippen molar-refractivity contribution >= 4 is 17.9 Å². The van der Waals surface area contributed by atoms with Crippen LogP contribution in [0.5, 0.6) is 0 Å². The van der Waals surface area contributed by atoms with E-state index in [9.17, 15) is 14.4 Å². The number of hydrogen-bond donors (Lipinski definition) is 3. The third kappa shape index (κ3) is 6.79. The second kappa shape index (κ2) is 11.2. The minimum Gasteiger partial charge on any atom is -0.478 e. The van der Waals surface area contributed by atoms with Crippen molar-refractivity contribution in [3.05, 3.63) is 48.0 Å². The summed E-state index contributed by atoms with van der Waals surface area (Å²) in [6, 6.07) is 9.88. The van der Waals surface area contributed by atoms with Crippen LogP contribution >= 0.6 is 0 Å². The number of carboxylic acids is 2. The molecule has 1 aliphatic rings. The van der Waals surface area contributed by atoms with Crippen LogP contribution in [0.15, 0.2) is 42.5 Å². The number of carbonyl (C=O) groups excluding carboxylic acids is 1. The predicted octanol–water partition coefficient (Wildman–Crippen LogP) is 1.14. The molecule has 8 nitrogen and oxygen atoms in total. The molecular formula is C20H27NO7. The Morgan fingerprint density at radius 2 is 1.75 bits per heavy atom. The molecule has 0 amide bonds. The van der Waals surface area contributed by atoms with Gasteiger partial charge in [-0.1, -0.05) is 30.3 Å². The molecule has 1 aromatic rings. The summed E-state index contributed by atoms with van der Waals surface area (Å²) >= 11 is 0. The topological polar surface area (TPSA) is 124 Å². The number of nitrogens with zero attached hydrogens (tertiary/aromatic N) is 1. The maximum Gasteiger partial charge on any atom is 0.328 e. The number of hydrogen-bond acceptors (Lipinski definition) is 6. The molecule has 2 rings (SSSR count). The molecule has 8 heteroatoms. The maximum atomic E-state index is 12.4. The number of esters is 1. The number of carbonyl (C=O) groups is 3. The highest BCUT2D eigenvalue weighted by Crippen LogP contribution is 2.55. The summed E-state index contributed by atoms with van der Waals surface area (Å²) in [5.74, 6) is -2.37. The SMILES string of the molecule is CCOC(=O)[C@@]1(c2ccccc2)CC1CN(C)CCO.O=C(O)/C=C/C(=O)O. The molecule has 28 heavy (non-hydrogen) atoms. The molecule has 0 bridgehead atoms. The van der Waals surface area contributed by atoms with E-state index in [1.807, 2.05) is 44.3 Å². The molecule has 0 heterocycles. The van der Waals surface area contributed by atoms with E-state index in [-0.39, 0.29) is 18.5 Å². The number of rotatable bonds is 9. The molecule has 1 aromatic carbocycles. The van der Waals surface area contributed by atoms with E-state index in [1.54, 1.807) is 0 Å². The molecule has 2 atom stereocenters. The fourth-order valence-electron chi connectivity index (χ4n) is 3.05. The Morgan fingerprint density at radius 3 is 2.21 bits per heavy atom. The van der Waals surface area contributed by atoms with Gasteiger partial charge in [0.2, 0.25) is 0 Å². The summed E-state index contributed by atoms with van der Waals surface area (Å²) < 4.78 is 5.29. The lowest BCUT2D eigenvalue weighted by atomic mass is 9.93. The Labute approximate surface area is 164 Å². The van der Waals surface area contributed by atoms with Crippen LogP contribution in [0.4, 0.5) is 0 Å². The van der Waals surface area contributed by atoms with Gasteiger partial charge >= 0.3 is 17.9 Å². The number of aliphatic hydroxyl groups is 1. The second-order valence-electron chi connectivity index (χ2n) is 6.45. The largest absolute Gasteiger partial charge is 0.478 e. The summed E-state index contributed by atoms with van der Waals surface area (Å²) in [5.41, 5.74) is 0.557. The predicted molar refractivity (Wildman–Crippen MR) is 102 cm³/mol. The first-order chi connectivity index (χ1) is 13.3. The van der Waals surface area contributed by atoms with Gasteiger partial charge in [-0.3, -0.25) is 4.79 Å². The first kappa shape index (κ1) is 23.3. The molecule has 0 spiro atoms. The average Bonchev–Trinajstić information content (AvgIpc) is 3.36. The molecule has 0 aromatic heterocycles. The minimum absolute atomic E-state index is 0.117. The van der Waals surface area contributed by atoms with Gasteiger partial charge in [0.1, 0.15) is 0 Å². The van der Waals surface area contributed by atoms with E-state index >= 15 is 0 Å². The molecule has 1 fully saturated rings. The van der Waals surface area contributed by atoms with Gasteiger partial charge in [0.15, 0.2) is 0 Å². The number of carboxylic acid groups (broad SMARTS) is 2. The lowest BCUT2D eigenvalue weighted by Crippen LogP contribution is -2.31. The normalized spacial score (nSPS) is 20.4. The fraction of sp³-hybridized carbons (Fsp3) is 0.450. The highest BCUT2D eigenvalue weighted by molar-refractivity contribution is 5.89. The van der Waals surface area contributed by atoms with Crippen molar-refractivity contribution in [2.75, 3.05) is 33.4 Å². The highest BCUT2D eigenvalue weighted by Gasteiger charge is 2.62. The van der Waals surface area contributed by atoms with Gasteiger partial charge in [0.05, 0.1) is 18.6 Å². The van der Waals surface area contributed by atoms with Crippen molar-refractivity contribution < 1.29 is 34.4 Å². The first-order valence-corrected chi connectivity index (χ1v) is 8.94. The van der Waals surface area contributed by atoms with E-state index in [4.69, 9.17) is 20.1 Å². The second-order valence-corrected chi connectivity index (χ2v) is 6.45. The number of ether oxygens (including phenoxy) is 1. The molecule has 0 saturated heterocycles. The molecule has 1 unspecified atom stereocenters. The minimum atomic E-state index is -1.26. The van der Waals surface area contributed by atoms with Gasteiger partial charge in [0.25, 0.3) is 0 Å². The lowest BCUT2D eigenvalue weighted by Gasteiger charge is -2.20. The Bertz CT molecular complexity index is 673. The molecule has 1 saturated carbocycles. The Morgan fingerprint density at radius 1 is 1.18 bits per heavy atom. The fourth-order valence-corrected chi connectivity index (χ4v) is 3.05. The zero-order chi connectivity index (χ0) is 21.2. The number of likely N-dealkylation sites (N-methyl/N-ethyl adjacent to an activating group) is 1. The summed E-state index contributed by atoms with van der Waals surface area (Å²) in [6.45, 7) is 3.82. The van der Waals surface area contributed by atoms with Crippen molar-refractivity contribution in [2.45, 2.75) is 18.8 Å². The van der Waals surface area contributed by atoms with E-state index < -0.39 is 17.4 Å². The van der Waals surface area contributed by atoms with Crippen LogP contribution in [0, 0.1) is 5.92 Å². The summed E-state index contributed by atoms with van der Waals surface area (Å²) in [5, 5.41) is 24.6. The maximum absolute atomic E-state index is 12.4. The van der Waals surface area contributed by atoms with Gasteiger partial charge in [0, 0.05) is 25.2 Å². The smallest absolute Gasteiger partial charge is 0.328 e. The molecular weight excluding hydrogens is 366 g/mol. The zero-order valence-corrected chi connectivity index (χ0v) is 16.1. The summed E-state index contributed by atoms with van der Waals surface area (Å²) in [6.07, 6.45) is 1.94. The zero-order valence-electron chi connectivity index (χ0n) is 16.1. The Balaban J connectivity index is 0.000000416. The van der Waals surface area contributed by atoms with Crippen LogP contribution in [0.2, 0.25) is 0 Å². The molecule has 154 valence electrons. The van der Waals surface area contributed by atoms with Crippen LogP contribution in [0.25, 0.3) is 0 Å². The van der Waals surface area contributed by atoms with Gasteiger partial charge in [-0.05, 0) is 31.9 Å². The number of aliphatic carboxylic acids is 2. The average molecular weight is 393 g/mol. The first-order valence-electron chi connectivity index (χ1n) is 8.94. The van der Waals surface area contributed by atoms with Crippen LogP contribution < -0.4 is 0 Å². The molecule has 1 aliphatic carbocycles. The Kier molecular flexibility index (Phi) is 9.34. The van der Waals surface area contributed by atoms with Crippen LogP contribution in [-0.4, -0.2) is 71.5 Å². The van der Waals surface area contributed by atoms with Crippen molar-refractivity contribution in [3.8, 4) is 0 Å². The van der Waals surface area contributed by atoms with Crippen LogP contribution in [0.3, 0.4) is 0 Å². The summed E-state index contributed by atoms with van der Waals surface area (Å²) in [4.78, 5) is 33.6. The van der Waals surface area contributed by atoms with Crippen molar-refractivity contribution in [1.82, 2.24) is 4.90 Å². The van der Waals surface area contributed by atoms with E-state index in [0.717, 1.165) is 18.5 Å². The molecule has 0 aliphatic heterocycles.